The molecule has 1 atom stereocenters. The molecule has 2 aromatic heterocycles. The van der Waals surface area contributed by atoms with E-state index in [9.17, 15) is 18.0 Å². The third kappa shape index (κ3) is 4.28. The summed E-state index contributed by atoms with van der Waals surface area (Å²) in [6.07, 6.45) is 2.24. The summed E-state index contributed by atoms with van der Waals surface area (Å²) in [5.41, 5.74) is 0.615. The minimum atomic E-state index is -4.37. The van der Waals surface area contributed by atoms with Crippen LogP contribution in [0.1, 0.15) is 37.6 Å². The van der Waals surface area contributed by atoms with E-state index in [0.29, 0.717) is 24.0 Å². The average Bonchev–Trinajstić information content (AvgIpc) is 3.06. The number of pyridine rings is 2. The first-order valence-corrected chi connectivity index (χ1v) is 12.2. The van der Waals surface area contributed by atoms with Crippen molar-refractivity contribution in [3.05, 3.63) is 76.7 Å². The summed E-state index contributed by atoms with van der Waals surface area (Å²) in [6.45, 7) is 7.00. The molecule has 1 unspecified atom stereocenters. The van der Waals surface area contributed by atoms with Crippen molar-refractivity contribution in [2.75, 3.05) is 11.4 Å². The number of hydrogen-bond acceptors (Lipinski definition) is 6. The van der Waals surface area contributed by atoms with Gasteiger partial charge in [0.1, 0.15) is 5.82 Å². The molecule has 0 radical (unpaired) electrons. The summed E-state index contributed by atoms with van der Waals surface area (Å²) >= 11 is 0. The maximum absolute atomic E-state index is 13.2. The lowest BCUT2D eigenvalue weighted by atomic mass is 9.90. The minimum absolute atomic E-state index is 0.132. The van der Waals surface area contributed by atoms with Gasteiger partial charge in [0.05, 0.1) is 11.3 Å². The lowest BCUT2D eigenvalue weighted by molar-refractivity contribution is 0.0981. The summed E-state index contributed by atoms with van der Waals surface area (Å²) in [5, 5.41) is 0. The topological polar surface area (TPSA) is 112 Å². The SMILES string of the molecule is CC1CCN(c2nc(-c3ccccc3)ccc2C(=O)NS(=O)(=O)c2ccc[nH]c2=O)C1(C)C. The van der Waals surface area contributed by atoms with E-state index in [1.54, 1.807) is 12.1 Å². The molecule has 1 amide bonds. The lowest BCUT2D eigenvalue weighted by Crippen LogP contribution is -2.44. The van der Waals surface area contributed by atoms with Crippen molar-refractivity contribution in [1.29, 1.82) is 0 Å². The number of rotatable bonds is 5. The van der Waals surface area contributed by atoms with E-state index in [1.165, 1.54) is 12.3 Å². The molecule has 0 saturated carbocycles. The van der Waals surface area contributed by atoms with Crippen LogP contribution in [0.5, 0.6) is 0 Å². The molecule has 2 N–H and O–H groups in total. The summed E-state index contributed by atoms with van der Waals surface area (Å²) in [5.74, 6) is -0.0710. The van der Waals surface area contributed by atoms with Crippen LogP contribution in [-0.2, 0) is 10.0 Å². The van der Waals surface area contributed by atoms with Crippen molar-refractivity contribution >= 4 is 21.7 Å². The molecule has 4 rings (SSSR count). The zero-order chi connectivity index (χ0) is 23.8. The zero-order valence-corrected chi connectivity index (χ0v) is 19.5. The number of H-pyrrole nitrogens is 1. The highest BCUT2D eigenvalue weighted by molar-refractivity contribution is 7.90. The molecular formula is C24H26N4O4S. The van der Waals surface area contributed by atoms with Crippen LogP contribution in [0, 0.1) is 5.92 Å². The van der Waals surface area contributed by atoms with Crippen LogP contribution >= 0.6 is 0 Å². The van der Waals surface area contributed by atoms with Crippen LogP contribution < -0.4 is 15.2 Å². The smallest absolute Gasteiger partial charge is 0.269 e. The fourth-order valence-electron chi connectivity index (χ4n) is 4.06. The van der Waals surface area contributed by atoms with Gasteiger partial charge in [0.15, 0.2) is 4.90 Å². The summed E-state index contributed by atoms with van der Waals surface area (Å²) in [4.78, 5) is 33.8. The number of amides is 1. The van der Waals surface area contributed by atoms with Gasteiger partial charge in [0.2, 0.25) is 0 Å². The van der Waals surface area contributed by atoms with Gasteiger partial charge in [-0.05, 0) is 50.5 Å². The highest BCUT2D eigenvalue weighted by Crippen LogP contribution is 2.39. The van der Waals surface area contributed by atoms with Gasteiger partial charge in [-0.2, -0.15) is 0 Å². The van der Waals surface area contributed by atoms with Gasteiger partial charge < -0.3 is 9.88 Å². The largest absolute Gasteiger partial charge is 0.351 e. The summed E-state index contributed by atoms with van der Waals surface area (Å²) in [6, 6.07) is 15.4. The van der Waals surface area contributed by atoms with Gasteiger partial charge in [0, 0.05) is 23.8 Å². The Balaban J connectivity index is 1.78. The molecule has 172 valence electrons. The van der Waals surface area contributed by atoms with E-state index in [1.807, 2.05) is 35.1 Å². The van der Waals surface area contributed by atoms with Gasteiger partial charge >= 0.3 is 0 Å². The van der Waals surface area contributed by atoms with E-state index in [0.717, 1.165) is 18.1 Å². The van der Waals surface area contributed by atoms with E-state index in [-0.39, 0.29) is 11.1 Å². The molecule has 1 saturated heterocycles. The Morgan fingerprint density at radius 2 is 1.85 bits per heavy atom. The summed E-state index contributed by atoms with van der Waals surface area (Å²) in [7, 11) is -4.37. The molecule has 1 aromatic carbocycles. The van der Waals surface area contributed by atoms with Crippen LogP contribution in [0.15, 0.2) is 70.5 Å². The molecule has 1 aliphatic heterocycles. The molecule has 0 aliphatic carbocycles. The number of anilines is 1. The van der Waals surface area contributed by atoms with E-state index >= 15 is 0 Å². The average molecular weight is 467 g/mol. The van der Waals surface area contributed by atoms with Crippen LogP contribution in [0.25, 0.3) is 11.3 Å². The molecule has 8 nitrogen and oxygen atoms in total. The Morgan fingerprint density at radius 1 is 1.12 bits per heavy atom. The van der Waals surface area contributed by atoms with Crippen molar-refractivity contribution in [1.82, 2.24) is 14.7 Å². The quantitative estimate of drug-likeness (QED) is 0.597. The number of sulfonamides is 1. The van der Waals surface area contributed by atoms with Crippen molar-refractivity contribution < 1.29 is 13.2 Å². The van der Waals surface area contributed by atoms with Gasteiger partial charge in [-0.25, -0.2) is 18.1 Å². The Morgan fingerprint density at radius 3 is 2.48 bits per heavy atom. The third-order valence-electron chi connectivity index (χ3n) is 6.43. The number of nitrogens with one attached hydrogen (secondary N) is 2. The van der Waals surface area contributed by atoms with E-state index in [4.69, 9.17) is 4.98 Å². The molecule has 3 aromatic rings. The molecule has 33 heavy (non-hydrogen) atoms. The molecule has 0 bridgehead atoms. The predicted molar refractivity (Wildman–Crippen MR) is 127 cm³/mol. The lowest BCUT2D eigenvalue weighted by Gasteiger charge is -2.36. The second kappa shape index (κ2) is 8.47. The van der Waals surface area contributed by atoms with Crippen LogP contribution in [0.4, 0.5) is 5.82 Å². The Kier molecular flexibility index (Phi) is 5.84. The monoisotopic (exact) mass is 466 g/mol. The second-order valence-electron chi connectivity index (χ2n) is 8.73. The van der Waals surface area contributed by atoms with Gasteiger partial charge in [0.25, 0.3) is 21.5 Å². The minimum Gasteiger partial charge on any atom is -0.351 e. The molecule has 1 aliphatic rings. The van der Waals surface area contributed by atoms with E-state index in [2.05, 4.69) is 30.7 Å². The normalized spacial score (nSPS) is 17.7. The number of hydrogen-bond donors (Lipinski definition) is 2. The van der Waals surface area contributed by atoms with Crippen molar-refractivity contribution in [2.45, 2.75) is 37.6 Å². The van der Waals surface area contributed by atoms with Crippen LogP contribution in [-0.4, -0.2) is 36.4 Å². The highest BCUT2D eigenvalue weighted by Gasteiger charge is 2.41. The third-order valence-corrected chi connectivity index (χ3v) is 7.79. The first kappa shape index (κ1) is 22.7. The van der Waals surface area contributed by atoms with Crippen molar-refractivity contribution in [3.63, 3.8) is 0 Å². The molecule has 9 heteroatoms. The van der Waals surface area contributed by atoms with Gasteiger partial charge in [-0.15, -0.1) is 0 Å². The zero-order valence-electron chi connectivity index (χ0n) is 18.7. The Hall–Kier alpha value is -3.46. The number of carbonyl (C=O) groups is 1. The first-order valence-electron chi connectivity index (χ1n) is 10.7. The second-order valence-corrected chi connectivity index (χ2v) is 10.4. The molecule has 3 heterocycles. The Bertz CT molecular complexity index is 1350. The predicted octanol–water partition coefficient (Wildman–Crippen LogP) is 3.18. The van der Waals surface area contributed by atoms with Crippen LogP contribution in [0.2, 0.25) is 0 Å². The number of aromatic nitrogens is 2. The van der Waals surface area contributed by atoms with Crippen molar-refractivity contribution in [2.24, 2.45) is 5.92 Å². The number of aromatic amines is 1. The number of carbonyl (C=O) groups excluding carboxylic acids is 1. The van der Waals surface area contributed by atoms with Crippen molar-refractivity contribution in [3.8, 4) is 11.3 Å². The molecular weight excluding hydrogens is 440 g/mol. The maximum Gasteiger partial charge on any atom is 0.269 e. The molecule has 1 fully saturated rings. The number of benzene rings is 1. The fourth-order valence-corrected chi connectivity index (χ4v) is 5.08. The standard InChI is InChI=1S/C24H26N4O4S/c1-16-13-15-28(24(16,2)3)21-18(11-12-19(26-21)17-8-5-4-6-9-17)22(29)27-33(31,32)20-10-7-14-25-23(20)30/h4-12,14,16H,13,15H2,1-3H3,(H,25,30)(H,27,29). The molecule has 0 spiro atoms. The van der Waals surface area contributed by atoms with Crippen LogP contribution in [0.3, 0.4) is 0 Å². The summed E-state index contributed by atoms with van der Waals surface area (Å²) < 4.78 is 27.5. The number of nitrogens with zero attached hydrogens (tertiary/aromatic N) is 2. The highest BCUT2D eigenvalue weighted by atomic mass is 32.2. The first-order chi connectivity index (χ1) is 15.6. The van der Waals surface area contributed by atoms with E-state index < -0.39 is 26.4 Å². The fraction of sp³-hybridized carbons (Fsp3) is 0.292. The van der Waals surface area contributed by atoms with Gasteiger partial charge in [-0.3, -0.25) is 9.59 Å². The maximum atomic E-state index is 13.2. The van der Waals surface area contributed by atoms with Gasteiger partial charge in [-0.1, -0.05) is 37.3 Å². The Labute approximate surface area is 192 Å².